The Morgan fingerprint density at radius 1 is 1.06 bits per heavy atom. The van der Waals surface area contributed by atoms with E-state index in [0.717, 1.165) is 18.4 Å². The molecule has 1 saturated heterocycles. The van der Waals surface area contributed by atoms with Crippen LogP contribution in [-0.4, -0.2) is 33.6 Å². The van der Waals surface area contributed by atoms with Gasteiger partial charge in [-0.25, -0.2) is 0 Å². The zero-order valence-corrected chi connectivity index (χ0v) is 18.7. The largest absolute Gasteiger partial charge is 0.324 e. The molecule has 34 heavy (non-hydrogen) atoms. The molecule has 3 aliphatic carbocycles. The molecule has 0 aromatic heterocycles. The molecule has 1 N–H and O–H groups in total. The normalized spacial score (nSPS) is 25.9. The van der Waals surface area contributed by atoms with Crippen LogP contribution in [0, 0.1) is 40.7 Å². The minimum atomic E-state index is -1.01. The molecular formula is C26H25N3O5. The van der Waals surface area contributed by atoms with Crippen molar-refractivity contribution in [3.8, 4) is 0 Å². The average molecular weight is 460 g/mol. The lowest BCUT2D eigenvalue weighted by Crippen LogP contribution is -2.49. The molecule has 1 heterocycles. The highest BCUT2D eigenvalue weighted by Crippen LogP contribution is 2.50. The number of hydrogen-bond donors (Lipinski definition) is 1. The van der Waals surface area contributed by atoms with Gasteiger partial charge in [-0.1, -0.05) is 42.5 Å². The van der Waals surface area contributed by atoms with E-state index in [0.29, 0.717) is 11.3 Å². The molecule has 4 aliphatic rings. The maximum Gasteiger partial charge on any atom is 0.269 e. The van der Waals surface area contributed by atoms with Crippen LogP contribution in [0.3, 0.4) is 0 Å². The van der Waals surface area contributed by atoms with Crippen molar-refractivity contribution in [2.45, 2.75) is 32.2 Å². The SMILES string of the molecule is Cc1cc([N+](=O)[O-])ccc1NC(=O)[C@H](Cc1ccccc1)N1C(=O)[C@@H]2[C@@H](C1=O)[C@H]1C=C[C@H]2CC1. The number of non-ortho nitro benzene ring substituents is 1. The summed E-state index contributed by atoms with van der Waals surface area (Å²) in [6, 6.07) is 12.4. The zero-order chi connectivity index (χ0) is 24.0. The van der Waals surface area contributed by atoms with Crippen molar-refractivity contribution < 1.29 is 19.3 Å². The number of nitrogens with zero attached hydrogens (tertiary/aromatic N) is 2. The summed E-state index contributed by atoms with van der Waals surface area (Å²) in [7, 11) is 0. The van der Waals surface area contributed by atoms with Gasteiger partial charge < -0.3 is 5.32 Å². The molecule has 0 unspecified atom stereocenters. The molecule has 5 atom stereocenters. The summed E-state index contributed by atoms with van der Waals surface area (Å²) in [5.74, 6) is -1.76. The summed E-state index contributed by atoms with van der Waals surface area (Å²) in [5.41, 5.74) is 1.69. The number of imide groups is 1. The second-order valence-electron chi connectivity index (χ2n) is 9.34. The number of allylic oxidation sites excluding steroid dienone is 2. The lowest BCUT2D eigenvalue weighted by atomic mass is 9.63. The number of carbonyl (C=O) groups excluding carboxylic acids is 3. The maximum absolute atomic E-state index is 13.5. The lowest BCUT2D eigenvalue weighted by Gasteiger charge is -2.38. The number of amides is 3. The number of rotatable bonds is 6. The molecule has 2 fully saturated rings. The summed E-state index contributed by atoms with van der Waals surface area (Å²) in [6.45, 7) is 1.67. The fourth-order valence-corrected chi connectivity index (χ4v) is 5.66. The van der Waals surface area contributed by atoms with Crippen LogP contribution in [0.4, 0.5) is 11.4 Å². The molecule has 174 valence electrons. The predicted molar refractivity (Wildman–Crippen MR) is 125 cm³/mol. The summed E-state index contributed by atoms with van der Waals surface area (Å²) >= 11 is 0. The summed E-state index contributed by atoms with van der Waals surface area (Å²) in [5, 5.41) is 13.9. The summed E-state index contributed by atoms with van der Waals surface area (Å²) < 4.78 is 0. The topological polar surface area (TPSA) is 110 Å². The third-order valence-corrected chi connectivity index (χ3v) is 7.36. The zero-order valence-electron chi connectivity index (χ0n) is 18.7. The van der Waals surface area contributed by atoms with E-state index in [1.807, 2.05) is 30.3 Å². The van der Waals surface area contributed by atoms with Crippen molar-refractivity contribution in [3.63, 3.8) is 0 Å². The van der Waals surface area contributed by atoms with E-state index in [-0.39, 0.29) is 35.8 Å². The molecule has 0 radical (unpaired) electrons. The van der Waals surface area contributed by atoms with E-state index < -0.39 is 28.7 Å². The van der Waals surface area contributed by atoms with E-state index in [1.54, 1.807) is 6.92 Å². The molecule has 3 amide bonds. The van der Waals surface area contributed by atoms with Crippen molar-refractivity contribution in [3.05, 3.63) is 81.9 Å². The van der Waals surface area contributed by atoms with E-state index in [9.17, 15) is 24.5 Å². The van der Waals surface area contributed by atoms with Gasteiger partial charge in [-0.2, -0.15) is 0 Å². The second-order valence-corrected chi connectivity index (χ2v) is 9.34. The highest BCUT2D eigenvalue weighted by molar-refractivity contribution is 6.10. The Balaban J connectivity index is 1.47. The van der Waals surface area contributed by atoms with Crippen LogP contribution in [-0.2, 0) is 20.8 Å². The maximum atomic E-state index is 13.5. The molecule has 1 aliphatic heterocycles. The molecule has 2 aromatic rings. The van der Waals surface area contributed by atoms with Crippen LogP contribution in [0.2, 0.25) is 0 Å². The highest BCUT2D eigenvalue weighted by Gasteiger charge is 2.58. The van der Waals surface area contributed by atoms with Crippen LogP contribution in [0.5, 0.6) is 0 Å². The Labute approximate surface area is 196 Å². The van der Waals surface area contributed by atoms with Crippen molar-refractivity contribution in [2.75, 3.05) is 5.32 Å². The summed E-state index contributed by atoms with van der Waals surface area (Å²) in [4.78, 5) is 52.4. The minimum Gasteiger partial charge on any atom is -0.324 e. The van der Waals surface area contributed by atoms with E-state index in [1.165, 1.54) is 23.1 Å². The van der Waals surface area contributed by atoms with Gasteiger partial charge in [-0.3, -0.25) is 29.4 Å². The number of nitro groups is 1. The number of benzene rings is 2. The Morgan fingerprint density at radius 3 is 2.21 bits per heavy atom. The number of anilines is 1. The number of hydrogen-bond acceptors (Lipinski definition) is 5. The van der Waals surface area contributed by atoms with Gasteiger partial charge in [-0.05, 0) is 48.8 Å². The number of nitrogens with one attached hydrogen (secondary N) is 1. The third-order valence-electron chi connectivity index (χ3n) is 7.36. The smallest absolute Gasteiger partial charge is 0.269 e. The first-order chi connectivity index (χ1) is 16.3. The number of likely N-dealkylation sites (tertiary alicyclic amines) is 1. The molecule has 2 bridgehead atoms. The minimum absolute atomic E-state index is 0.0359. The number of nitro benzene ring substituents is 1. The lowest BCUT2D eigenvalue weighted by molar-refractivity contribution is -0.384. The number of fused-ring (bicyclic) bond motifs is 1. The van der Waals surface area contributed by atoms with Crippen molar-refractivity contribution in [1.82, 2.24) is 4.90 Å². The second kappa shape index (κ2) is 8.52. The molecule has 0 spiro atoms. The first kappa shape index (κ1) is 22.0. The predicted octanol–water partition coefficient (Wildman–Crippen LogP) is 3.65. The number of carbonyl (C=O) groups is 3. The van der Waals surface area contributed by atoms with Crippen molar-refractivity contribution in [1.29, 1.82) is 0 Å². The average Bonchev–Trinajstić information content (AvgIpc) is 3.12. The highest BCUT2D eigenvalue weighted by atomic mass is 16.6. The van der Waals surface area contributed by atoms with Gasteiger partial charge in [0, 0.05) is 24.2 Å². The van der Waals surface area contributed by atoms with Crippen LogP contribution in [0.15, 0.2) is 60.7 Å². The molecule has 8 nitrogen and oxygen atoms in total. The molecular weight excluding hydrogens is 434 g/mol. The Kier molecular flexibility index (Phi) is 5.51. The molecule has 6 rings (SSSR count). The van der Waals surface area contributed by atoms with Gasteiger partial charge >= 0.3 is 0 Å². The first-order valence-corrected chi connectivity index (χ1v) is 11.5. The van der Waals surface area contributed by atoms with E-state index in [4.69, 9.17) is 0 Å². The van der Waals surface area contributed by atoms with E-state index in [2.05, 4.69) is 17.5 Å². The van der Waals surface area contributed by atoms with Gasteiger partial charge in [0.15, 0.2) is 0 Å². The van der Waals surface area contributed by atoms with Gasteiger partial charge in [0.05, 0.1) is 16.8 Å². The first-order valence-electron chi connectivity index (χ1n) is 11.5. The van der Waals surface area contributed by atoms with Crippen LogP contribution in [0.25, 0.3) is 0 Å². The van der Waals surface area contributed by atoms with E-state index >= 15 is 0 Å². The van der Waals surface area contributed by atoms with Gasteiger partial charge in [0.1, 0.15) is 6.04 Å². The Morgan fingerprint density at radius 2 is 1.68 bits per heavy atom. The summed E-state index contributed by atoms with van der Waals surface area (Å²) in [6.07, 6.45) is 6.06. The molecule has 8 heteroatoms. The van der Waals surface area contributed by atoms with Gasteiger partial charge in [0.25, 0.3) is 5.69 Å². The monoisotopic (exact) mass is 459 g/mol. The quantitative estimate of drug-likeness (QED) is 0.307. The van der Waals surface area contributed by atoms with Crippen molar-refractivity contribution in [2.24, 2.45) is 23.7 Å². The molecule has 2 aromatic carbocycles. The van der Waals surface area contributed by atoms with Gasteiger partial charge in [-0.15, -0.1) is 0 Å². The van der Waals surface area contributed by atoms with Crippen molar-refractivity contribution >= 4 is 29.1 Å². The fourth-order valence-electron chi connectivity index (χ4n) is 5.66. The van der Waals surface area contributed by atoms with Crippen LogP contribution < -0.4 is 5.32 Å². The standard InChI is InChI=1S/C26H25N3O5/c1-15-13-19(29(33)34)11-12-20(15)27-24(30)21(14-16-5-3-2-4-6-16)28-25(31)22-17-7-8-18(10-9-17)23(22)26(28)32/h2-8,11-13,17-18,21-23H,9-10,14H2,1H3,(H,27,30)/t17-,18-,21-,22-,23-/m0/s1. The third kappa shape index (κ3) is 3.69. The fraction of sp³-hybridized carbons (Fsp3) is 0.346. The Bertz CT molecular complexity index is 1180. The molecule has 1 saturated carbocycles. The Hall–Kier alpha value is -3.81. The number of aryl methyl sites for hydroxylation is 1. The van der Waals surface area contributed by atoms with Crippen LogP contribution in [0.1, 0.15) is 24.0 Å². The van der Waals surface area contributed by atoms with Gasteiger partial charge in [0.2, 0.25) is 17.7 Å². The van der Waals surface area contributed by atoms with Crippen LogP contribution >= 0.6 is 0 Å².